The maximum absolute atomic E-state index is 12.9. The highest BCUT2D eigenvalue weighted by Crippen LogP contribution is 2.19. The molecule has 0 aliphatic rings. The van der Waals surface area contributed by atoms with Gasteiger partial charge in [-0.2, -0.15) is 10.2 Å². The zero-order chi connectivity index (χ0) is 16.8. The molecule has 2 aromatic rings. The van der Waals surface area contributed by atoms with Crippen LogP contribution in [0.3, 0.4) is 0 Å². The van der Waals surface area contributed by atoms with E-state index in [1.807, 2.05) is 13.8 Å². The van der Waals surface area contributed by atoms with E-state index in [0.717, 1.165) is 17.8 Å². The summed E-state index contributed by atoms with van der Waals surface area (Å²) in [5.74, 6) is -0.271. The molecular formula is C15H17ClFN5S. The smallest absolute Gasteiger partial charge is 0.186 e. The van der Waals surface area contributed by atoms with Gasteiger partial charge >= 0.3 is 0 Å². The number of rotatable bonds is 5. The van der Waals surface area contributed by atoms with Crippen LogP contribution < -0.4 is 10.7 Å². The lowest BCUT2D eigenvalue weighted by molar-refractivity contribution is 0.624. The molecule has 2 N–H and O–H groups in total. The van der Waals surface area contributed by atoms with Gasteiger partial charge in [-0.3, -0.25) is 5.43 Å². The van der Waals surface area contributed by atoms with Gasteiger partial charge in [-0.1, -0.05) is 23.7 Å². The first-order chi connectivity index (χ1) is 11.0. The Bertz CT molecular complexity index is 711. The van der Waals surface area contributed by atoms with Crippen molar-refractivity contribution in [1.29, 1.82) is 0 Å². The van der Waals surface area contributed by atoms with E-state index < -0.39 is 0 Å². The highest BCUT2D eigenvalue weighted by Gasteiger charge is 2.12. The van der Waals surface area contributed by atoms with Crippen molar-refractivity contribution in [2.45, 2.75) is 20.4 Å². The molecular weight excluding hydrogens is 337 g/mol. The minimum atomic E-state index is -0.271. The maximum atomic E-state index is 12.9. The summed E-state index contributed by atoms with van der Waals surface area (Å²) in [6.07, 6.45) is 1.58. The van der Waals surface area contributed by atoms with Crippen molar-refractivity contribution in [3.8, 4) is 0 Å². The predicted molar refractivity (Wildman–Crippen MR) is 94.5 cm³/mol. The molecule has 8 heteroatoms. The zero-order valence-corrected chi connectivity index (χ0v) is 14.4. The SMILES string of the molecule is CCNC(=S)N/N=C\c1c(C)nn(Cc2ccc(F)cc2)c1Cl. The predicted octanol–water partition coefficient (Wildman–Crippen LogP) is 2.85. The number of nitrogens with one attached hydrogen (secondary N) is 2. The third kappa shape index (κ3) is 4.74. The summed E-state index contributed by atoms with van der Waals surface area (Å²) >= 11 is 11.4. The standard InChI is InChI=1S/C15H17ClFN5S/c1-3-18-15(23)20-19-8-13-10(2)21-22(14(13)16)9-11-4-6-12(17)7-5-11/h4-8H,3,9H2,1-2H3,(H2,18,20,23)/b19-8-. The highest BCUT2D eigenvalue weighted by molar-refractivity contribution is 7.80. The number of hydrogen-bond donors (Lipinski definition) is 2. The Balaban J connectivity index is 2.11. The lowest BCUT2D eigenvalue weighted by Gasteiger charge is -2.04. The monoisotopic (exact) mass is 353 g/mol. The summed E-state index contributed by atoms with van der Waals surface area (Å²) in [4.78, 5) is 0. The Morgan fingerprint density at radius 3 is 2.78 bits per heavy atom. The van der Waals surface area contributed by atoms with Gasteiger partial charge in [0.1, 0.15) is 11.0 Å². The van der Waals surface area contributed by atoms with Gasteiger partial charge in [-0.25, -0.2) is 9.07 Å². The zero-order valence-electron chi connectivity index (χ0n) is 12.8. The molecule has 122 valence electrons. The number of hydrogen-bond acceptors (Lipinski definition) is 3. The number of hydrazone groups is 1. The summed E-state index contributed by atoms with van der Waals surface area (Å²) in [6, 6.07) is 6.22. The third-order valence-electron chi connectivity index (χ3n) is 3.05. The van der Waals surface area contributed by atoms with E-state index >= 15 is 0 Å². The van der Waals surface area contributed by atoms with E-state index in [1.165, 1.54) is 12.1 Å². The minimum Gasteiger partial charge on any atom is -0.362 e. The number of halogens is 2. The fraction of sp³-hybridized carbons (Fsp3) is 0.267. The first kappa shape index (κ1) is 17.4. The second kappa shape index (κ2) is 8.03. The van der Waals surface area contributed by atoms with Crippen LogP contribution in [0.15, 0.2) is 29.4 Å². The van der Waals surface area contributed by atoms with Gasteiger partial charge in [0.05, 0.1) is 24.0 Å². The van der Waals surface area contributed by atoms with Crippen molar-refractivity contribution in [2.24, 2.45) is 5.10 Å². The van der Waals surface area contributed by atoms with E-state index in [4.69, 9.17) is 23.8 Å². The van der Waals surface area contributed by atoms with Gasteiger partial charge in [0.25, 0.3) is 0 Å². The molecule has 0 aliphatic heterocycles. The van der Waals surface area contributed by atoms with Crippen LogP contribution in [-0.4, -0.2) is 27.7 Å². The molecule has 1 aromatic carbocycles. The van der Waals surface area contributed by atoms with Crippen molar-refractivity contribution in [1.82, 2.24) is 20.5 Å². The number of aryl methyl sites for hydroxylation is 1. The van der Waals surface area contributed by atoms with Crippen LogP contribution in [0.4, 0.5) is 4.39 Å². The molecule has 0 amide bonds. The van der Waals surface area contributed by atoms with Crippen LogP contribution in [0.2, 0.25) is 5.15 Å². The van der Waals surface area contributed by atoms with Crippen molar-refractivity contribution in [2.75, 3.05) is 6.54 Å². The van der Waals surface area contributed by atoms with E-state index in [2.05, 4.69) is 20.9 Å². The molecule has 23 heavy (non-hydrogen) atoms. The minimum absolute atomic E-state index is 0.271. The van der Waals surface area contributed by atoms with Gasteiger partial charge in [0, 0.05) is 6.54 Å². The fourth-order valence-electron chi connectivity index (χ4n) is 1.94. The Morgan fingerprint density at radius 1 is 1.43 bits per heavy atom. The second-order valence-electron chi connectivity index (χ2n) is 4.80. The molecule has 0 fully saturated rings. The summed E-state index contributed by atoms with van der Waals surface area (Å²) < 4.78 is 14.6. The molecule has 0 aliphatic carbocycles. The second-order valence-corrected chi connectivity index (χ2v) is 5.57. The number of nitrogens with zero attached hydrogens (tertiary/aromatic N) is 3. The van der Waals surface area contributed by atoms with E-state index in [0.29, 0.717) is 22.4 Å². The summed E-state index contributed by atoms with van der Waals surface area (Å²) in [6.45, 7) is 4.96. The number of aromatic nitrogens is 2. The van der Waals surface area contributed by atoms with Crippen molar-refractivity contribution >= 4 is 35.1 Å². The Labute approximate surface area is 144 Å². The lowest BCUT2D eigenvalue weighted by Crippen LogP contribution is -2.31. The van der Waals surface area contributed by atoms with Crippen LogP contribution in [0, 0.1) is 12.7 Å². The third-order valence-corrected chi connectivity index (χ3v) is 3.69. The van der Waals surface area contributed by atoms with E-state index in [1.54, 1.807) is 23.0 Å². The van der Waals surface area contributed by atoms with Crippen LogP contribution >= 0.6 is 23.8 Å². The topological polar surface area (TPSA) is 54.2 Å². The van der Waals surface area contributed by atoms with Crippen molar-refractivity contribution < 1.29 is 4.39 Å². The van der Waals surface area contributed by atoms with Crippen molar-refractivity contribution in [3.63, 3.8) is 0 Å². The largest absolute Gasteiger partial charge is 0.362 e. The lowest BCUT2D eigenvalue weighted by atomic mass is 10.2. The molecule has 1 aromatic heterocycles. The summed E-state index contributed by atoms with van der Waals surface area (Å²) in [7, 11) is 0. The molecule has 5 nitrogen and oxygen atoms in total. The van der Waals surface area contributed by atoms with Crippen LogP contribution in [0.25, 0.3) is 0 Å². The maximum Gasteiger partial charge on any atom is 0.186 e. The Morgan fingerprint density at radius 2 is 2.13 bits per heavy atom. The molecule has 2 rings (SSSR count). The van der Waals surface area contributed by atoms with E-state index in [-0.39, 0.29) is 5.82 Å². The van der Waals surface area contributed by atoms with Gasteiger partial charge in [0.2, 0.25) is 0 Å². The van der Waals surface area contributed by atoms with Crippen molar-refractivity contribution in [3.05, 3.63) is 52.1 Å². The molecule has 1 heterocycles. The summed E-state index contributed by atoms with van der Waals surface area (Å²) in [5, 5.41) is 12.3. The van der Waals surface area contributed by atoms with Crippen LogP contribution in [0.1, 0.15) is 23.7 Å². The molecule has 0 radical (unpaired) electrons. The quantitative estimate of drug-likeness (QED) is 0.493. The first-order valence-electron chi connectivity index (χ1n) is 7.05. The van der Waals surface area contributed by atoms with E-state index in [9.17, 15) is 4.39 Å². The normalized spacial score (nSPS) is 11.0. The molecule has 0 saturated heterocycles. The van der Waals surface area contributed by atoms with Gasteiger partial charge in [-0.05, 0) is 43.8 Å². The molecule has 0 bridgehead atoms. The van der Waals surface area contributed by atoms with Gasteiger partial charge in [-0.15, -0.1) is 0 Å². The Kier molecular flexibility index (Phi) is 6.06. The molecule has 0 saturated carbocycles. The molecule has 0 atom stereocenters. The van der Waals surface area contributed by atoms with Gasteiger partial charge < -0.3 is 5.32 Å². The highest BCUT2D eigenvalue weighted by atomic mass is 35.5. The first-order valence-corrected chi connectivity index (χ1v) is 7.84. The average Bonchev–Trinajstić information content (AvgIpc) is 2.77. The number of thiocarbonyl (C=S) groups is 1. The molecule has 0 spiro atoms. The van der Waals surface area contributed by atoms with Crippen LogP contribution in [-0.2, 0) is 6.54 Å². The summed E-state index contributed by atoms with van der Waals surface area (Å²) in [5.41, 5.74) is 5.07. The Hall–Kier alpha value is -1.99. The van der Waals surface area contributed by atoms with Crippen LogP contribution in [0.5, 0.6) is 0 Å². The van der Waals surface area contributed by atoms with Gasteiger partial charge in [0.15, 0.2) is 5.11 Å². The fourth-order valence-corrected chi connectivity index (χ4v) is 2.42. The molecule has 0 unspecified atom stereocenters. The average molecular weight is 354 g/mol. The number of benzene rings is 1.